The topological polar surface area (TPSA) is 23.6 Å². The monoisotopic (exact) mass is 306 g/mol. The number of hydrogen-bond donors (Lipinski definition) is 0. The molecule has 0 amide bonds. The highest BCUT2D eigenvalue weighted by molar-refractivity contribution is 6.33. The lowest BCUT2D eigenvalue weighted by Gasteiger charge is -2.36. The Bertz CT molecular complexity index is 497. The lowest BCUT2D eigenvalue weighted by molar-refractivity contribution is -0.120. The van der Waals surface area contributed by atoms with E-state index in [-0.39, 0.29) is 0 Å². The minimum Gasteiger partial charge on any atom is -0.368 e. The number of nitrogens with zero attached hydrogens (tertiary/aromatic N) is 2. The maximum absolute atomic E-state index is 11.7. The SMILES string of the molecule is O=C1CCCC1CCN1CCN(c2ccccc2Cl)CC1. The van der Waals surface area contributed by atoms with Crippen LogP contribution in [0.3, 0.4) is 0 Å². The molecule has 1 saturated heterocycles. The van der Waals surface area contributed by atoms with Crippen LogP contribution in [-0.2, 0) is 4.79 Å². The highest BCUT2D eigenvalue weighted by Crippen LogP contribution is 2.27. The van der Waals surface area contributed by atoms with E-state index in [4.69, 9.17) is 11.6 Å². The number of piperazine rings is 1. The predicted octanol–water partition coefficient (Wildman–Crippen LogP) is 3.22. The van der Waals surface area contributed by atoms with Crippen molar-refractivity contribution in [2.75, 3.05) is 37.6 Å². The number of anilines is 1. The van der Waals surface area contributed by atoms with Crippen LogP contribution in [-0.4, -0.2) is 43.4 Å². The van der Waals surface area contributed by atoms with Gasteiger partial charge in [0.1, 0.15) is 5.78 Å². The molecule has 1 aromatic rings. The van der Waals surface area contributed by atoms with Crippen molar-refractivity contribution in [3.63, 3.8) is 0 Å². The van der Waals surface area contributed by atoms with Crippen molar-refractivity contribution in [2.45, 2.75) is 25.7 Å². The number of carbonyl (C=O) groups excluding carboxylic acids is 1. The van der Waals surface area contributed by atoms with Crippen molar-refractivity contribution in [3.05, 3.63) is 29.3 Å². The molecule has 3 nitrogen and oxygen atoms in total. The molecular weight excluding hydrogens is 284 g/mol. The largest absolute Gasteiger partial charge is 0.368 e. The van der Waals surface area contributed by atoms with Gasteiger partial charge in [-0.15, -0.1) is 0 Å². The van der Waals surface area contributed by atoms with Crippen molar-refractivity contribution < 1.29 is 4.79 Å². The van der Waals surface area contributed by atoms with Crippen LogP contribution >= 0.6 is 11.6 Å². The Labute approximate surface area is 131 Å². The summed E-state index contributed by atoms with van der Waals surface area (Å²) in [5, 5.41) is 0.836. The Morgan fingerprint density at radius 3 is 2.57 bits per heavy atom. The Balaban J connectivity index is 1.47. The number of Topliss-reactive ketones (excluding diaryl/α,β-unsaturated/α-hetero) is 1. The Morgan fingerprint density at radius 2 is 1.90 bits per heavy atom. The van der Waals surface area contributed by atoms with E-state index in [1.54, 1.807) is 0 Å². The fourth-order valence-electron chi connectivity index (χ4n) is 3.45. The van der Waals surface area contributed by atoms with E-state index in [2.05, 4.69) is 15.9 Å². The van der Waals surface area contributed by atoms with Gasteiger partial charge in [0.2, 0.25) is 0 Å². The van der Waals surface area contributed by atoms with Crippen molar-refractivity contribution in [2.24, 2.45) is 5.92 Å². The zero-order chi connectivity index (χ0) is 14.7. The second-order valence-electron chi connectivity index (χ2n) is 6.12. The molecular formula is C17H23ClN2O. The first-order valence-corrected chi connectivity index (χ1v) is 8.36. The van der Waals surface area contributed by atoms with Crippen LogP contribution in [0.5, 0.6) is 0 Å². The fraction of sp³-hybridized carbons (Fsp3) is 0.588. The smallest absolute Gasteiger partial charge is 0.136 e. The highest BCUT2D eigenvalue weighted by atomic mass is 35.5. The van der Waals surface area contributed by atoms with E-state index >= 15 is 0 Å². The van der Waals surface area contributed by atoms with E-state index < -0.39 is 0 Å². The number of para-hydroxylation sites is 1. The van der Waals surface area contributed by atoms with E-state index in [0.29, 0.717) is 11.7 Å². The second kappa shape index (κ2) is 6.80. The van der Waals surface area contributed by atoms with Gasteiger partial charge in [0.25, 0.3) is 0 Å². The molecule has 114 valence electrons. The van der Waals surface area contributed by atoms with Crippen molar-refractivity contribution >= 4 is 23.1 Å². The molecule has 2 fully saturated rings. The summed E-state index contributed by atoms with van der Waals surface area (Å²) in [5.74, 6) is 0.830. The van der Waals surface area contributed by atoms with Crippen LogP contribution in [0.25, 0.3) is 0 Å². The number of carbonyl (C=O) groups is 1. The third kappa shape index (κ3) is 3.58. The maximum Gasteiger partial charge on any atom is 0.136 e. The van der Waals surface area contributed by atoms with Crippen LogP contribution < -0.4 is 4.90 Å². The molecule has 1 unspecified atom stereocenters. The number of benzene rings is 1. The van der Waals surface area contributed by atoms with E-state index in [1.165, 1.54) is 0 Å². The third-order valence-corrected chi connectivity index (χ3v) is 5.11. The Morgan fingerprint density at radius 1 is 1.14 bits per heavy atom. The number of ketones is 1. The van der Waals surface area contributed by atoms with Gasteiger partial charge in [-0.1, -0.05) is 23.7 Å². The van der Waals surface area contributed by atoms with Crippen molar-refractivity contribution in [1.82, 2.24) is 4.90 Å². The maximum atomic E-state index is 11.7. The number of halogens is 1. The van der Waals surface area contributed by atoms with Crippen LogP contribution in [0.4, 0.5) is 5.69 Å². The molecule has 1 heterocycles. The summed E-state index contributed by atoms with van der Waals surface area (Å²) in [4.78, 5) is 16.5. The Hall–Kier alpha value is -1.06. The third-order valence-electron chi connectivity index (χ3n) is 4.79. The molecule has 0 N–H and O–H groups in total. The van der Waals surface area contributed by atoms with Gasteiger partial charge in [-0.3, -0.25) is 9.69 Å². The molecule has 21 heavy (non-hydrogen) atoms. The van der Waals surface area contributed by atoms with Gasteiger partial charge in [-0.25, -0.2) is 0 Å². The van der Waals surface area contributed by atoms with Gasteiger partial charge in [0.05, 0.1) is 10.7 Å². The standard InChI is InChI=1S/C17H23ClN2O/c18-15-5-1-2-6-16(15)20-12-10-19(11-13-20)9-8-14-4-3-7-17(14)21/h1-2,5-6,14H,3-4,7-13H2. The fourth-order valence-corrected chi connectivity index (χ4v) is 3.71. The molecule has 1 atom stereocenters. The molecule has 4 heteroatoms. The van der Waals surface area contributed by atoms with Crippen LogP contribution in [0.1, 0.15) is 25.7 Å². The van der Waals surface area contributed by atoms with Crippen LogP contribution in [0.2, 0.25) is 5.02 Å². The summed E-state index contributed by atoms with van der Waals surface area (Å²) < 4.78 is 0. The van der Waals surface area contributed by atoms with E-state index in [0.717, 1.165) is 69.1 Å². The number of rotatable bonds is 4. The first-order valence-electron chi connectivity index (χ1n) is 7.98. The summed E-state index contributed by atoms with van der Waals surface area (Å²) in [6, 6.07) is 8.06. The van der Waals surface area contributed by atoms with Crippen molar-refractivity contribution in [3.8, 4) is 0 Å². The van der Waals surface area contributed by atoms with Crippen LogP contribution in [0, 0.1) is 5.92 Å². The summed E-state index contributed by atoms with van der Waals surface area (Å²) in [5.41, 5.74) is 1.14. The normalized spacial score (nSPS) is 23.8. The summed E-state index contributed by atoms with van der Waals surface area (Å²) >= 11 is 6.26. The van der Waals surface area contributed by atoms with Gasteiger partial charge < -0.3 is 4.90 Å². The molecule has 3 rings (SSSR count). The minimum atomic E-state index is 0.339. The van der Waals surface area contributed by atoms with Gasteiger partial charge in [-0.2, -0.15) is 0 Å². The molecule has 0 bridgehead atoms. The molecule has 0 spiro atoms. The molecule has 0 aromatic heterocycles. The zero-order valence-electron chi connectivity index (χ0n) is 12.4. The quantitative estimate of drug-likeness (QED) is 0.853. The lowest BCUT2D eigenvalue weighted by Crippen LogP contribution is -2.47. The predicted molar refractivity (Wildman–Crippen MR) is 87.1 cm³/mol. The zero-order valence-corrected chi connectivity index (χ0v) is 13.2. The minimum absolute atomic E-state index is 0.339. The summed E-state index contributed by atoms with van der Waals surface area (Å²) in [7, 11) is 0. The first kappa shape index (κ1) is 14.9. The summed E-state index contributed by atoms with van der Waals surface area (Å²) in [6.07, 6.45) is 4.07. The Kier molecular flexibility index (Phi) is 4.81. The molecule has 1 saturated carbocycles. The number of hydrogen-bond acceptors (Lipinski definition) is 3. The highest BCUT2D eigenvalue weighted by Gasteiger charge is 2.25. The van der Waals surface area contributed by atoms with Gasteiger partial charge in [-0.05, 0) is 37.9 Å². The van der Waals surface area contributed by atoms with Crippen LogP contribution in [0.15, 0.2) is 24.3 Å². The average molecular weight is 307 g/mol. The van der Waals surface area contributed by atoms with E-state index in [9.17, 15) is 4.79 Å². The molecule has 1 aromatic carbocycles. The second-order valence-corrected chi connectivity index (χ2v) is 6.53. The van der Waals surface area contributed by atoms with Gasteiger partial charge in [0, 0.05) is 38.5 Å². The lowest BCUT2D eigenvalue weighted by atomic mass is 10.0. The van der Waals surface area contributed by atoms with E-state index in [1.807, 2.05) is 18.2 Å². The van der Waals surface area contributed by atoms with Gasteiger partial charge in [0.15, 0.2) is 0 Å². The average Bonchev–Trinajstić information content (AvgIpc) is 2.92. The molecule has 1 aliphatic carbocycles. The molecule has 2 aliphatic rings. The first-order chi connectivity index (χ1) is 10.2. The molecule has 0 radical (unpaired) electrons. The van der Waals surface area contributed by atoms with Gasteiger partial charge >= 0.3 is 0 Å². The summed E-state index contributed by atoms with van der Waals surface area (Å²) in [6.45, 7) is 5.22. The van der Waals surface area contributed by atoms with Crippen molar-refractivity contribution in [1.29, 1.82) is 0 Å². The molecule has 1 aliphatic heterocycles.